The van der Waals surface area contributed by atoms with Crippen molar-refractivity contribution in [3.05, 3.63) is 81.5 Å². The third kappa shape index (κ3) is 4.82. The summed E-state index contributed by atoms with van der Waals surface area (Å²) in [6, 6.07) is 17.9. The molecule has 5 rings (SSSR count). The molecule has 10 heteroatoms. The van der Waals surface area contributed by atoms with Crippen LogP contribution in [0.3, 0.4) is 0 Å². The molecule has 1 fully saturated rings. The van der Waals surface area contributed by atoms with Gasteiger partial charge in [0.25, 0.3) is 5.91 Å². The van der Waals surface area contributed by atoms with E-state index < -0.39 is 0 Å². The Labute approximate surface area is 211 Å². The molecule has 1 amide bonds. The zero-order valence-electron chi connectivity index (χ0n) is 18.6. The van der Waals surface area contributed by atoms with E-state index in [-0.39, 0.29) is 5.91 Å². The number of hydrogen-bond acceptors (Lipinski definition) is 7. The fourth-order valence-corrected chi connectivity index (χ4v) is 5.97. The first-order valence-corrected chi connectivity index (χ1v) is 13.2. The van der Waals surface area contributed by atoms with Crippen LogP contribution in [0.5, 0.6) is 0 Å². The fraction of sp³-hybridized carbons (Fsp3) is 0.250. The van der Waals surface area contributed by atoms with Crippen molar-refractivity contribution in [1.29, 1.82) is 0 Å². The highest BCUT2D eigenvalue weighted by Crippen LogP contribution is 2.28. The summed E-state index contributed by atoms with van der Waals surface area (Å²) in [5.74, 6) is 1.44. The van der Waals surface area contributed by atoms with E-state index >= 15 is 0 Å². The van der Waals surface area contributed by atoms with E-state index in [0.717, 1.165) is 45.5 Å². The molecule has 0 unspecified atom stereocenters. The Balaban J connectivity index is 1.20. The Hall–Kier alpha value is -2.88. The van der Waals surface area contributed by atoms with Crippen LogP contribution in [0.25, 0.3) is 5.69 Å². The maximum atomic E-state index is 13.0. The minimum Gasteiger partial charge on any atom is -0.367 e. The molecule has 7 nitrogen and oxygen atoms in total. The number of amides is 1. The number of thioether (sulfide) groups is 1. The number of hydrogen-bond donors (Lipinski definition) is 0. The Morgan fingerprint density at radius 1 is 1.03 bits per heavy atom. The molecule has 34 heavy (non-hydrogen) atoms. The number of para-hydroxylation sites is 2. The topological polar surface area (TPSA) is 67.2 Å². The monoisotopic (exact) mass is 510 g/mol. The lowest BCUT2D eigenvalue weighted by atomic mass is 10.2. The fourth-order valence-electron chi connectivity index (χ4n) is 3.93. The zero-order valence-corrected chi connectivity index (χ0v) is 21.0. The van der Waals surface area contributed by atoms with Crippen molar-refractivity contribution in [1.82, 2.24) is 24.6 Å². The highest BCUT2D eigenvalue weighted by Gasteiger charge is 2.25. The van der Waals surface area contributed by atoms with Gasteiger partial charge in [0.15, 0.2) is 5.16 Å². The number of aryl methyl sites for hydroxylation is 1. The summed E-state index contributed by atoms with van der Waals surface area (Å²) in [5, 5.41) is 12.9. The molecule has 0 spiro atoms. The van der Waals surface area contributed by atoms with Gasteiger partial charge in [-0.15, -0.1) is 21.5 Å². The standard InChI is InChI=1S/C24H23ClN6OS2/c1-17-27-28-24(31(17)18-7-3-2-4-8-18)34-16-22-26-20(15-33-22)23(32)30-13-11-29(12-14-30)21-10-6-5-9-19(21)25/h2-10,15H,11-14,16H2,1H3. The van der Waals surface area contributed by atoms with Gasteiger partial charge in [-0.2, -0.15) is 0 Å². The van der Waals surface area contributed by atoms with E-state index in [1.165, 1.54) is 11.3 Å². The van der Waals surface area contributed by atoms with E-state index in [4.69, 9.17) is 11.6 Å². The highest BCUT2D eigenvalue weighted by molar-refractivity contribution is 7.98. The number of benzene rings is 2. The Morgan fingerprint density at radius 2 is 1.76 bits per heavy atom. The Bertz CT molecular complexity index is 1280. The number of piperazine rings is 1. The van der Waals surface area contributed by atoms with Gasteiger partial charge in [-0.05, 0) is 31.2 Å². The quantitative estimate of drug-likeness (QED) is 0.342. The van der Waals surface area contributed by atoms with Crippen LogP contribution in [-0.2, 0) is 5.75 Å². The zero-order chi connectivity index (χ0) is 23.5. The number of carbonyl (C=O) groups excluding carboxylic acids is 1. The van der Waals surface area contributed by atoms with Gasteiger partial charge in [-0.3, -0.25) is 9.36 Å². The van der Waals surface area contributed by atoms with Gasteiger partial charge >= 0.3 is 0 Å². The maximum Gasteiger partial charge on any atom is 0.273 e. The SMILES string of the molecule is Cc1nnc(SCc2nc(C(=O)N3CCN(c4ccccc4Cl)CC3)cs2)n1-c1ccccc1. The Morgan fingerprint density at radius 3 is 2.53 bits per heavy atom. The van der Waals surface area contributed by atoms with Gasteiger partial charge in [0.2, 0.25) is 0 Å². The smallest absolute Gasteiger partial charge is 0.273 e. The molecule has 1 aliphatic rings. The lowest BCUT2D eigenvalue weighted by Gasteiger charge is -2.36. The van der Waals surface area contributed by atoms with Crippen molar-refractivity contribution in [2.75, 3.05) is 31.1 Å². The van der Waals surface area contributed by atoms with Crippen molar-refractivity contribution >= 4 is 46.3 Å². The van der Waals surface area contributed by atoms with Gasteiger partial charge < -0.3 is 9.80 Å². The first-order chi connectivity index (χ1) is 16.6. The molecule has 3 heterocycles. The minimum absolute atomic E-state index is 0.0189. The molecule has 1 saturated heterocycles. The minimum atomic E-state index is -0.0189. The van der Waals surface area contributed by atoms with Crippen LogP contribution in [0.1, 0.15) is 21.3 Å². The van der Waals surface area contributed by atoms with Crippen molar-refractivity contribution in [2.24, 2.45) is 0 Å². The number of carbonyl (C=O) groups is 1. The third-order valence-corrected chi connectivity index (χ3v) is 7.96. The molecular formula is C24H23ClN6OS2. The van der Waals surface area contributed by atoms with Crippen LogP contribution in [-0.4, -0.2) is 56.7 Å². The summed E-state index contributed by atoms with van der Waals surface area (Å²) in [5.41, 5.74) is 2.55. The summed E-state index contributed by atoms with van der Waals surface area (Å²) in [6.45, 7) is 4.72. The van der Waals surface area contributed by atoms with Crippen molar-refractivity contribution < 1.29 is 4.79 Å². The van der Waals surface area contributed by atoms with E-state index in [1.54, 1.807) is 11.8 Å². The average molecular weight is 511 g/mol. The first-order valence-electron chi connectivity index (χ1n) is 10.9. The summed E-state index contributed by atoms with van der Waals surface area (Å²) in [6.07, 6.45) is 0. The largest absolute Gasteiger partial charge is 0.367 e. The molecule has 0 aliphatic carbocycles. The second-order valence-electron chi connectivity index (χ2n) is 7.85. The summed E-state index contributed by atoms with van der Waals surface area (Å²) in [4.78, 5) is 21.7. The van der Waals surface area contributed by atoms with Crippen LogP contribution in [0, 0.1) is 6.92 Å². The maximum absolute atomic E-state index is 13.0. The van der Waals surface area contributed by atoms with Crippen LogP contribution in [0.4, 0.5) is 5.69 Å². The summed E-state index contributed by atoms with van der Waals surface area (Å²) in [7, 11) is 0. The van der Waals surface area contributed by atoms with E-state index in [9.17, 15) is 4.79 Å². The third-order valence-electron chi connectivity index (χ3n) is 5.67. The molecule has 4 aromatic rings. The van der Waals surface area contributed by atoms with Crippen LogP contribution >= 0.6 is 34.7 Å². The first kappa shape index (κ1) is 22.9. The number of aromatic nitrogens is 4. The van der Waals surface area contributed by atoms with E-state index in [2.05, 4.69) is 20.1 Å². The number of halogens is 1. The Kier molecular flexibility index (Phi) is 6.85. The van der Waals surface area contributed by atoms with Gasteiger partial charge in [0.1, 0.15) is 16.5 Å². The number of anilines is 1. The molecule has 2 aromatic carbocycles. The van der Waals surface area contributed by atoms with Crippen molar-refractivity contribution in [3.63, 3.8) is 0 Å². The van der Waals surface area contributed by atoms with Crippen LogP contribution in [0.15, 0.2) is 65.1 Å². The molecule has 0 bridgehead atoms. The molecular weight excluding hydrogens is 488 g/mol. The van der Waals surface area contributed by atoms with Gasteiger partial charge in [0, 0.05) is 37.2 Å². The van der Waals surface area contributed by atoms with E-state index in [1.807, 2.05) is 76.4 Å². The lowest BCUT2D eigenvalue weighted by Crippen LogP contribution is -2.49. The summed E-state index contributed by atoms with van der Waals surface area (Å²) >= 11 is 9.41. The van der Waals surface area contributed by atoms with Crippen LogP contribution in [0.2, 0.25) is 5.02 Å². The second kappa shape index (κ2) is 10.2. The highest BCUT2D eigenvalue weighted by atomic mass is 35.5. The molecule has 0 atom stereocenters. The van der Waals surface area contributed by atoms with Gasteiger partial charge in [-0.25, -0.2) is 4.98 Å². The molecule has 2 aromatic heterocycles. The average Bonchev–Trinajstić information content (AvgIpc) is 3.50. The molecule has 1 aliphatic heterocycles. The molecule has 0 saturated carbocycles. The second-order valence-corrected chi connectivity index (χ2v) is 10.1. The molecule has 174 valence electrons. The van der Waals surface area contributed by atoms with Gasteiger partial charge in [-0.1, -0.05) is 53.7 Å². The summed E-state index contributed by atoms with van der Waals surface area (Å²) < 4.78 is 2.03. The number of rotatable bonds is 6. The number of nitrogens with zero attached hydrogens (tertiary/aromatic N) is 6. The normalized spacial score (nSPS) is 13.9. The molecule has 0 N–H and O–H groups in total. The van der Waals surface area contributed by atoms with E-state index in [0.29, 0.717) is 24.5 Å². The predicted octanol–water partition coefficient (Wildman–Crippen LogP) is 4.94. The van der Waals surface area contributed by atoms with Crippen molar-refractivity contribution in [2.45, 2.75) is 17.8 Å². The van der Waals surface area contributed by atoms with Crippen molar-refractivity contribution in [3.8, 4) is 5.69 Å². The van der Waals surface area contributed by atoms with Gasteiger partial charge in [0.05, 0.1) is 16.5 Å². The lowest BCUT2D eigenvalue weighted by molar-refractivity contribution is 0.0741. The predicted molar refractivity (Wildman–Crippen MR) is 137 cm³/mol. The molecule has 0 radical (unpaired) electrons. The number of thiazole rings is 1. The van der Waals surface area contributed by atoms with Crippen LogP contribution < -0.4 is 4.90 Å².